The molecule has 190 valence electrons. The highest BCUT2D eigenvalue weighted by Crippen LogP contribution is 2.30. The normalized spacial score (nSPS) is 19.8. The Labute approximate surface area is 221 Å². The molecule has 2 aliphatic heterocycles. The Morgan fingerprint density at radius 3 is 2.50 bits per heavy atom. The summed E-state index contributed by atoms with van der Waals surface area (Å²) in [7, 11) is 2.17. The Hall–Kier alpha value is -2.52. The summed E-state index contributed by atoms with van der Waals surface area (Å²) in [5.74, 6) is -0.416. The second-order valence-electron chi connectivity index (χ2n) is 9.95. The van der Waals surface area contributed by atoms with Crippen LogP contribution in [0.25, 0.3) is 10.1 Å². The van der Waals surface area contributed by atoms with Gasteiger partial charge in [0.1, 0.15) is 0 Å². The maximum absolute atomic E-state index is 14.0. The summed E-state index contributed by atoms with van der Waals surface area (Å²) in [4.78, 5) is 39.2. The minimum absolute atomic E-state index is 0.123. The first-order valence-electron chi connectivity index (χ1n) is 12.5. The average molecular weight is 526 g/mol. The number of nitrogens with one attached hydrogen (secondary N) is 1. The molecule has 0 unspecified atom stereocenters. The van der Waals surface area contributed by atoms with Crippen LogP contribution < -0.4 is 5.32 Å². The van der Waals surface area contributed by atoms with Crippen molar-refractivity contribution in [2.75, 3.05) is 46.3 Å². The van der Waals surface area contributed by atoms with Crippen LogP contribution in [0.4, 0.5) is 0 Å². The summed E-state index contributed by atoms with van der Waals surface area (Å²) in [5, 5.41) is 4.62. The van der Waals surface area contributed by atoms with E-state index in [2.05, 4.69) is 27.1 Å². The van der Waals surface area contributed by atoms with Crippen molar-refractivity contribution in [1.29, 1.82) is 0 Å². The molecule has 1 N–H and O–H groups in total. The van der Waals surface area contributed by atoms with Crippen LogP contribution in [0.5, 0.6) is 0 Å². The lowest BCUT2D eigenvalue weighted by atomic mass is 9.93. The van der Waals surface area contributed by atoms with Gasteiger partial charge in [-0.15, -0.1) is 11.3 Å². The van der Waals surface area contributed by atoms with Crippen molar-refractivity contribution >= 4 is 44.8 Å². The second kappa shape index (κ2) is 10.5. The highest BCUT2D eigenvalue weighted by Gasteiger charge is 2.42. The lowest BCUT2D eigenvalue weighted by Crippen LogP contribution is -2.60. The maximum atomic E-state index is 14.0. The van der Waals surface area contributed by atoms with Crippen molar-refractivity contribution in [3.63, 3.8) is 0 Å². The SMILES string of the molecule is CN1CCC(N2CCN(C(=O)[C@@](C)(NC(=O)c3cc4ccc(Cl)cc4s3)c3ccccn3)CC2)CC1. The van der Waals surface area contributed by atoms with Gasteiger partial charge in [0.25, 0.3) is 11.8 Å². The van der Waals surface area contributed by atoms with Crippen molar-refractivity contribution in [1.82, 2.24) is 25.0 Å². The smallest absolute Gasteiger partial charge is 0.262 e. The molecular weight excluding hydrogens is 494 g/mol. The van der Waals surface area contributed by atoms with E-state index >= 15 is 0 Å². The summed E-state index contributed by atoms with van der Waals surface area (Å²) < 4.78 is 0.934. The minimum atomic E-state index is -1.28. The number of pyridine rings is 1. The Balaban J connectivity index is 1.33. The summed E-state index contributed by atoms with van der Waals surface area (Å²) >= 11 is 7.50. The Morgan fingerprint density at radius 2 is 1.81 bits per heavy atom. The van der Waals surface area contributed by atoms with Crippen molar-refractivity contribution in [3.8, 4) is 0 Å². The fraction of sp³-hybridized carbons (Fsp3) is 0.444. The first-order valence-corrected chi connectivity index (χ1v) is 13.7. The van der Waals surface area contributed by atoms with Crippen molar-refractivity contribution in [3.05, 3.63) is 64.3 Å². The van der Waals surface area contributed by atoms with Crippen LogP contribution in [0.3, 0.4) is 0 Å². The standard InChI is InChI=1S/C27H32ClN5O2S/c1-27(24-5-3-4-10-29-24,30-25(34)23-17-19-6-7-20(28)18-22(19)36-23)26(35)33-15-13-32(14-16-33)21-8-11-31(2)12-9-21/h3-7,10,17-18,21H,8-9,11-16H2,1-2H3,(H,30,34)/t27-/m0/s1. The molecule has 2 saturated heterocycles. The zero-order valence-corrected chi connectivity index (χ0v) is 22.3. The highest BCUT2D eigenvalue weighted by molar-refractivity contribution is 7.20. The van der Waals surface area contributed by atoms with Gasteiger partial charge in [-0.05, 0) is 75.6 Å². The Bertz CT molecular complexity index is 1240. The van der Waals surface area contributed by atoms with E-state index in [0.717, 1.165) is 36.3 Å². The number of piperazine rings is 1. The number of hydrogen-bond acceptors (Lipinski definition) is 6. The number of thiophene rings is 1. The fourth-order valence-electron chi connectivity index (χ4n) is 5.26. The summed E-state index contributed by atoms with van der Waals surface area (Å²) in [6.07, 6.45) is 4.01. The lowest BCUT2D eigenvalue weighted by molar-refractivity contribution is -0.140. The largest absolute Gasteiger partial charge is 0.338 e. The molecule has 9 heteroatoms. The monoisotopic (exact) mass is 525 g/mol. The topological polar surface area (TPSA) is 68.8 Å². The first kappa shape index (κ1) is 25.1. The predicted octanol–water partition coefficient (Wildman–Crippen LogP) is 3.83. The van der Waals surface area contributed by atoms with E-state index in [1.165, 1.54) is 24.2 Å². The summed E-state index contributed by atoms with van der Waals surface area (Å²) in [5.41, 5.74) is -0.743. The summed E-state index contributed by atoms with van der Waals surface area (Å²) in [6.45, 7) is 7.00. The van der Waals surface area contributed by atoms with E-state index in [4.69, 9.17) is 11.6 Å². The Morgan fingerprint density at radius 1 is 1.06 bits per heavy atom. The average Bonchev–Trinajstić information content (AvgIpc) is 3.33. The van der Waals surface area contributed by atoms with Gasteiger partial charge in [0.15, 0.2) is 5.54 Å². The molecule has 2 amide bonds. The van der Waals surface area contributed by atoms with Crippen LogP contribution in [0.15, 0.2) is 48.7 Å². The second-order valence-corrected chi connectivity index (χ2v) is 11.5. The molecule has 36 heavy (non-hydrogen) atoms. The van der Waals surface area contributed by atoms with E-state index in [0.29, 0.717) is 34.7 Å². The van der Waals surface area contributed by atoms with Crippen LogP contribution in [-0.2, 0) is 10.3 Å². The quantitative estimate of drug-likeness (QED) is 0.548. The number of benzene rings is 1. The van der Waals surface area contributed by atoms with Crippen LogP contribution in [0.1, 0.15) is 35.1 Å². The number of hydrogen-bond donors (Lipinski definition) is 1. The molecular formula is C27H32ClN5O2S. The zero-order chi connectivity index (χ0) is 25.3. The number of fused-ring (bicyclic) bond motifs is 1. The number of likely N-dealkylation sites (tertiary alicyclic amines) is 1. The Kier molecular flexibility index (Phi) is 7.30. The molecule has 1 aromatic carbocycles. The van der Waals surface area contributed by atoms with Crippen LogP contribution >= 0.6 is 22.9 Å². The minimum Gasteiger partial charge on any atom is -0.338 e. The third-order valence-electron chi connectivity index (χ3n) is 7.48. The van der Waals surface area contributed by atoms with E-state index in [9.17, 15) is 9.59 Å². The molecule has 0 bridgehead atoms. The molecule has 0 saturated carbocycles. The number of rotatable bonds is 5. The number of carbonyl (C=O) groups is 2. The van der Waals surface area contributed by atoms with Crippen molar-refractivity contribution in [2.45, 2.75) is 31.3 Å². The van der Waals surface area contributed by atoms with Crippen molar-refractivity contribution in [2.24, 2.45) is 0 Å². The third kappa shape index (κ3) is 5.13. The van der Waals surface area contributed by atoms with Gasteiger partial charge in [-0.3, -0.25) is 19.5 Å². The van der Waals surface area contributed by atoms with Gasteiger partial charge in [0.2, 0.25) is 0 Å². The highest BCUT2D eigenvalue weighted by atomic mass is 35.5. The van der Waals surface area contributed by atoms with E-state index in [1.54, 1.807) is 19.2 Å². The van der Waals surface area contributed by atoms with E-state index in [-0.39, 0.29) is 11.8 Å². The number of halogens is 1. The molecule has 0 radical (unpaired) electrons. The fourth-order valence-corrected chi connectivity index (χ4v) is 6.49. The molecule has 2 aliphatic rings. The van der Waals surface area contributed by atoms with Gasteiger partial charge in [-0.2, -0.15) is 0 Å². The molecule has 7 nitrogen and oxygen atoms in total. The van der Waals surface area contributed by atoms with E-state index < -0.39 is 5.54 Å². The summed E-state index contributed by atoms with van der Waals surface area (Å²) in [6, 6.07) is 13.5. The van der Waals surface area contributed by atoms with Crippen LogP contribution in [-0.4, -0.2) is 83.9 Å². The van der Waals surface area contributed by atoms with Gasteiger partial charge >= 0.3 is 0 Å². The molecule has 0 aliphatic carbocycles. The molecule has 2 fully saturated rings. The van der Waals surface area contributed by atoms with Gasteiger partial charge in [0.05, 0.1) is 10.6 Å². The zero-order valence-electron chi connectivity index (χ0n) is 20.7. The molecule has 0 spiro atoms. The molecule has 5 rings (SSSR count). The lowest BCUT2D eigenvalue weighted by Gasteiger charge is -2.44. The number of carbonyl (C=O) groups excluding carboxylic acids is 2. The van der Waals surface area contributed by atoms with Gasteiger partial charge in [-0.25, -0.2) is 0 Å². The van der Waals surface area contributed by atoms with Crippen LogP contribution in [0, 0.1) is 0 Å². The van der Waals surface area contributed by atoms with Crippen molar-refractivity contribution < 1.29 is 9.59 Å². The first-order chi connectivity index (χ1) is 17.3. The molecule has 3 aromatic rings. The number of piperidine rings is 1. The van der Waals surface area contributed by atoms with Crippen LogP contribution in [0.2, 0.25) is 5.02 Å². The van der Waals surface area contributed by atoms with Gasteiger partial charge in [0, 0.05) is 48.1 Å². The molecule has 4 heterocycles. The molecule has 1 atom stereocenters. The predicted molar refractivity (Wildman–Crippen MR) is 145 cm³/mol. The maximum Gasteiger partial charge on any atom is 0.262 e. The van der Waals surface area contributed by atoms with Gasteiger partial charge < -0.3 is 15.1 Å². The number of aromatic nitrogens is 1. The molecule has 2 aromatic heterocycles. The number of nitrogens with zero attached hydrogens (tertiary/aromatic N) is 4. The number of amides is 2. The third-order valence-corrected chi connectivity index (χ3v) is 8.81. The van der Waals surface area contributed by atoms with Gasteiger partial charge in [-0.1, -0.05) is 23.7 Å². The van der Waals surface area contributed by atoms with E-state index in [1.807, 2.05) is 41.3 Å².